The van der Waals surface area contributed by atoms with Crippen molar-refractivity contribution in [2.75, 3.05) is 0 Å². The van der Waals surface area contributed by atoms with Crippen LogP contribution in [-0.2, 0) is 12.8 Å². The van der Waals surface area contributed by atoms with Crippen LogP contribution in [0.2, 0.25) is 5.02 Å². The lowest BCUT2D eigenvalue weighted by Crippen LogP contribution is -2.38. The van der Waals surface area contributed by atoms with Crippen LogP contribution in [0.3, 0.4) is 0 Å². The van der Waals surface area contributed by atoms with E-state index in [1.807, 2.05) is 24.3 Å². The molecule has 0 aliphatic rings. The van der Waals surface area contributed by atoms with Gasteiger partial charge in [-0.1, -0.05) is 45.7 Å². The van der Waals surface area contributed by atoms with Gasteiger partial charge < -0.3 is 0 Å². The van der Waals surface area contributed by atoms with Crippen molar-refractivity contribution in [2.45, 2.75) is 18.9 Å². The number of hydrogen-bond acceptors (Lipinski definition) is 2. The van der Waals surface area contributed by atoms with Gasteiger partial charge in [0.15, 0.2) is 0 Å². The second kappa shape index (κ2) is 7.18. The van der Waals surface area contributed by atoms with Gasteiger partial charge in [-0.2, -0.15) is 0 Å². The summed E-state index contributed by atoms with van der Waals surface area (Å²) in [5, 5.41) is 0.693. The van der Waals surface area contributed by atoms with Gasteiger partial charge >= 0.3 is 0 Å². The zero-order chi connectivity index (χ0) is 14.5. The molecule has 0 saturated heterocycles. The SMILES string of the molecule is NNC(Cc1cccc(F)c1)Cc1ccc(Br)cc1Cl. The predicted octanol–water partition coefficient (Wildman–Crippen LogP) is 3.86. The standard InChI is InChI=1S/C15H15BrClFN2/c16-12-5-4-11(15(17)9-12)8-14(20-19)7-10-2-1-3-13(18)6-10/h1-6,9,14,20H,7-8,19H2. The number of halogens is 3. The molecule has 0 aliphatic carbocycles. The molecule has 20 heavy (non-hydrogen) atoms. The molecule has 0 aliphatic heterocycles. The van der Waals surface area contributed by atoms with Gasteiger partial charge in [0.1, 0.15) is 5.82 Å². The Hall–Kier alpha value is -0.940. The van der Waals surface area contributed by atoms with E-state index in [9.17, 15) is 4.39 Å². The maximum Gasteiger partial charge on any atom is 0.123 e. The highest BCUT2D eigenvalue weighted by Gasteiger charge is 2.12. The first-order chi connectivity index (χ1) is 9.58. The third-order valence-corrected chi connectivity index (χ3v) is 3.93. The molecule has 0 bridgehead atoms. The average Bonchev–Trinajstić information content (AvgIpc) is 2.41. The molecule has 0 amide bonds. The summed E-state index contributed by atoms with van der Waals surface area (Å²) in [5.41, 5.74) is 4.68. The summed E-state index contributed by atoms with van der Waals surface area (Å²) in [4.78, 5) is 0. The van der Waals surface area contributed by atoms with Crippen LogP contribution in [0.5, 0.6) is 0 Å². The minimum Gasteiger partial charge on any atom is -0.271 e. The van der Waals surface area contributed by atoms with Crippen LogP contribution in [-0.4, -0.2) is 6.04 Å². The largest absolute Gasteiger partial charge is 0.271 e. The minimum absolute atomic E-state index is 0.00419. The summed E-state index contributed by atoms with van der Waals surface area (Å²) < 4.78 is 14.1. The molecular weight excluding hydrogens is 343 g/mol. The van der Waals surface area contributed by atoms with Crippen molar-refractivity contribution < 1.29 is 4.39 Å². The fraction of sp³-hybridized carbons (Fsp3) is 0.200. The van der Waals surface area contributed by atoms with Crippen molar-refractivity contribution in [3.8, 4) is 0 Å². The average molecular weight is 358 g/mol. The molecule has 3 N–H and O–H groups in total. The molecule has 106 valence electrons. The van der Waals surface area contributed by atoms with Crippen molar-refractivity contribution in [1.82, 2.24) is 5.43 Å². The Morgan fingerprint density at radius 1 is 1.20 bits per heavy atom. The summed E-state index contributed by atoms with van der Waals surface area (Å²) in [6.07, 6.45) is 1.32. The number of hydrogen-bond donors (Lipinski definition) is 2. The van der Waals surface area contributed by atoms with E-state index in [2.05, 4.69) is 21.4 Å². The number of nitrogens with two attached hydrogens (primary N) is 1. The van der Waals surface area contributed by atoms with Gasteiger partial charge in [0.2, 0.25) is 0 Å². The fourth-order valence-corrected chi connectivity index (χ4v) is 2.84. The van der Waals surface area contributed by atoms with E-state index >= 15 is 0 Å². The number of hydrazine groups is 1. The first kappa shape index (κ1) is 15.4. The maximum absolute atomic E-state index is 13.2. The van der Waals surface area contributed by atoms with Crippen LogP contribution >= 0.6 is 27.5 Å². The third-order valence-electron chi connectivity index (χ3n) is 3.09. The van der Waals surface area contributed by atoms with Crippen molar-refractivity contribution in [3.05, 3.63) is 68.9 Å². The maximum atomic E-state index is 13.2. The van der Waals surface area contributed by atoms with Crippen LogP contribution in [0.4, 0.5) is 4.39 Å². The summed E-state index contributed by atoms with van der Waals surface area (Å²) in [6.45, 7) is 0. The molecule has 0 heterocycles. The highest BCUT2D eigenvalue weighted by molar-refractivity contribution is 9.10. The Morgan fingerprint density at radius 2 is 2.00 bits per heavy atom. The number of nitrogens with one attached hydrogen (secondary N) is 1. The summed E-state index contributed by atoms with van der Waals surface area (Å²) in [5.74, 6) is 5.35. The van der Waals surface area contributed by atoms with Gasteiger partial charge in [0.25, 0.3) is 0 Å². The van der Waals surface area contributed by atoms with Crippen LogP contribution in [0, 0.1) is 5.82 Å². The van der Waals surface area contributed by atoms with Crippen LogP contribution in [0.25, 0.3) is 0 Å². The summed E-state index contributed by atoms with van der Waals surface area (Å²) in [7, 11) is 0. The van der Waals surface area contributed by atoms with Gasteiger partial charge in [-0.3, -0.25) is 11.3 Å². The first-order valence-corrected chi connectivity index (χ1v) is 7.40. The van der Waals surface area contributed by atoms with E-state index in [0.717, 1.165) is 15.6 Å². The predicted molar refractivity (Wildman–Crippen MR) is 84.1 cm³/mol. The summed E-state index contributed by atoms with van der Waals surface area (Å²) in [6, 6.07) is 12.3. The lowest BCUT2D eigenvalue weighted by Gasteiger charge is -2.17. The first-order valence-electron chi connectivity index (χ1n) is 6.23. The van der Waals surface area contributed by atoms with Gasteiger partial charge in [-0.05, 0) is 48.2 Å². The molecule has 2 aromatic rings. The van der Waals surface area contributed by atoms with Crippen molar-refractivity contribution in [1.29, 1.82) is 0 Å². The van der Waals surface area contributed by atoms with Crippen LogP contribution in [0.15, 0.2) is 46.9 Å². The molecule has 2 rings (SSSR count). The molecular formula is C15H15BrClFN2. The van der Waals surface area contributed by atoms with Gasteiger partial charge in [0, 0.05) is 15.5 Å². The van der Waals surface area contributed by atoms with E-state index in [1.165, 1.54) is 12.1 Å². The van der Waals surface area contributed by atoms with Crippen molar-refractivity contribution in [3.63, 3.8) is 0 Å². The van der Waals surface area contributed by atoms with Crippen LogP contribution in [0.1, 0.15) is 11.1 Å². The lowest BCUT2D eigenvalue weighted by atomic mass is 9.99. The minimum atomic E-state index is -0.236. The molecule has 2 aromatic carbocycles. The van der Waals surface area contributed by atoms with Gasteiger partial charge in [-0.15, -0.1) is 0 Å². The third kappa shape index (κ3) is 4.28. The van der Waals surface area contributed by atoms with E-state index in [-0.39, 0.29) is 11.9 Å². The Bertz CT molecular complexity index is 592. The Kier molecular flexibility index (Phi) is 5.54. The van der Waals surface area contributed by atoms with E-state index in [4.69, 9.17) is 17.4 Å². The monoisotopic (exact) mass is 356 g/mol. The molecule has 1 unspecified atom stereocenters. The Morgan fingerprint density at radius 3 is 2.65 bits per heavy atom. The molecule has 0 radical (unpaired) electrons. The van der Waals surface area contributed by atoms with E-state index in [0.29, 0.717) is 17.9 Å². The topological polar surface area (TPSA) is 38.0 Å². The number of benzene rings is 2. The molecule has 0 aromatic heterocycles. The quantitative estimate of drug-likeness (QED) is 0.630. The molecule has 0 fully saturated rings. The smallest absolute Gasteiger partial charge is 0.123 e. The summed E-state index contributed by atoms with van der Waals surface area (Å²) >= 11 is 9.58. The van der Waals surface area contributed by atoms with E-state index < -0.39 is 0 Å². The van der Waals surface area contributed by atoms with Crippen LogP contribution < -0.4 is 11.3 Å². The Balaban J connectivity index is 2.09. The molecule has 1 atom stereocenters. The molecule has 0 saturated carbocycles. The number of rotatable bonds is 5. The highest BCUT2D eigenvalue weighted by atomic mass is 79.9. The zero-order valence-corrected chi connectivity index (χ0v) is 13.1. The van der Waals surface area contributed by atoms with E-state index in [1.54, 1.807) is 6.07 Å². The zero-order valence-electron chi connectivity index (χ0n) is 10.7. The highest BCUT2D eigenvalue weighted by Crippen LogP contribution is 2.23. The normalized spacial score (nSPS) is 12.4. The fourth-order valence-electron chi connectivity index (χ4n) is 2.09. The second-order valence-electron chi connectivity index (χ2n) is 4.64. The van der Waals surface area contributed by atoms with Gasteiger partial charge in [0.05, 0.1) is 0 Å². The van der Waals surface area contributed by atoms with Gasteiger partial charge in [-0.25, -0.2) is 4.39 Å². The lowest BCUT2D eigenvalue weighted by molar-refractivity contribution is 0.520. The second-order valence-corrected chi connectivity index (χ2v) is 5.96. The Labute approximate surface area is 131 Å². The van der Waals surface area contributed by atoms with Crippen molar-refractivity contribution >= 4 is 27.5 Å². The molecule has 2 nitrogen and oxygen atoms in total. The van der Waals surface area contributed by atoms with Crippen molar-refractivity contribution in [2.24, 2.45) is 5.84 Å². The molecule has 0 spiro atoms. The molecule has 5 heteroatoms.